The predicted octanol–water partition coefficient (Wildman–Crippen LogP) is 0.415. The number of amides is 1. The third-order valence-electron chi connectivity index (χ3n) is 2.24. The van der Waals surface area contributed by atoms with Gasteiger partial charge in [-0.1, -0.05) is 11.6 Å². The molecule has 0 heterocycles. The van der Waals surface area contributed by atoms with E-state index >= 15 is 0 Å². The molecule has 0 unspecified atom stereocenters. The van der Waals surface area contributed by atoms with Gasteiger partial charge < -0.3 is 20.8 Å². The molecule has 7 nitrogen and oxygen atoms in total. The molecule has 1 rings (SSSR count). The molecule has 0 aliphatic carbocycles. The van der Waals surface area contributed by atoms with Crippen molar-refractivity contribution in [3.63, 3.8) is 0 Å². The van der Waals surface area contributed by atoms with Gasteiger partial charge in [0.2, 0.25) is 5.91 Å². The molecule has 0 saturated carbocycles. The normalized spacial score (nSPS) is 9.95. The number of carboxylic acids is 2. The van der Waals surface area contributed by atoms with Crippen LogP contribution in [0.25, 0.3) is 0 Å². The first-order valence-corrected chi connectivity index (χ1v) is 5.47. The predicted molar refractivity (Wildman–Crippen MR) is 67.5 cm³/mol. The lowest BCUT2D eigenvalue weighted by molar-refractivity contribution is -0.136. The van der Waals surface area contributed by atoms with Gasteiger partial charge >= 0.3 is 11.9 Å². The van der Waals surface area contributed by atoms with Crippen molar-refractivity contribution in [1.29, 1.82) is 0 Å². The highest BCUT2D eigenvalue weighted by atomic mass is 35.5. The summed E-state index contributed by atoms with van der Waals surface area (Å²) in [4.78, 5) is 33.5. The zero-order valence-corrected chi connectivity index (χ0v) is 10.4. The number of benzene rings is 1. The molecule has 0 aromatic heterocycles. The van der Waals surface area contributed by atoms with E-state index in [1.54, 1.807) is 0 Å². The lowest BCUT2D eigenvalue weighted by Gasteiger charge is -2.21. The van der Waals surface area contributed by atoms with Crippen molar-refractivity contribution in [2.45, 2.75) is 0 Å². The van der Waals surface area contributed by atoms with Crippen LogP contribution in [0.1, 0.15) is 10.4 Å². The quantitative estimate of drug-likeness (QED) is 0.696. The number of nitrogens with two attached hydrogens (primary N) is 1. The maximum absolute atomic E-state index is 11.0. The molecule has 1 amide bonds. The molecule has 0 fully saturated rings. The lowest BCUT2D eigenvalue weighted by Crippen LogP contribution is -2.34. The number of carbonyl (C=O) groups excluding carboxylic acids is 1. The number of hydrogen-bond acceptors (Lipinski definition) is 4. The number of halogens is 1. The summed E-state index contributed by atoms with van der Waals surface area (Å²) >= 11 is 5.82. The Morgan fingerprint density at radius 1 is 1.16 bits per heavy atom. The van der Waals surface area contributed by atoms with E-state index < -0.39 is 30.9 Å². The van der Waals surface area contributed by atoms with E-state index in [0.717, 1.165) is 4.90 Å². The Hall–Kier alpha value is -2.28. The Morgan fingerprint density at radius 3 is 2.05 bits per heavy atom. The van der Waals surface area contributed by atoms with E-state index in [4.69, 9.17) is 27.5 Å². The van der Waals surface area contributed by atoms with Crippen molar-refractivity contribution < 1.29 is 24.6 Å². The molecular formula is C11H11ClN2O5. The molecule has 0 aliphatic heterocycles. The van der Waals surface area contributed by atoms with Crippen LogP contribution >= 0.6 is 11.6 Å². The monoisotopic (exact) mass is 286 g/mol. The summed E-state index contributed by atoms with van der Waals surface area (Å²) in [7, 11) is 0. The number of hydrogen-bond donors (Lipinski definition) is 3. The summed E-state index contributed by atoms with van der Waals surface area (Å²) in [6.07, 6.45) is 0. The Bertz CT molecular complexity index is 516. The average Bonchev–Trinajstić information content (AvgIpc) is 2.26. The number of primary amides is 1. The van der Waals surface area contributed by atoms with Gasteiger partial charge in [-0.15, -0.1) is 0 Å². The molecule has 102 valence electrons. The van der Waals surface area contributed by atoms with Crippen LogP contribution in [0.4, 0.5) is 5.69 Å². The Morgan fingerprint density at radius 2 is 1.68 bits per heavy atom. The van der Waals surface area contributed by atoms with E-state index in [9.17, 15) is 14.4 Å². The van der Waals surface area contributed by atoms with E-state index in [2.05, 4.69) is 0 Å². The molecule has 0 saturated heterocycles. The fourth-order valence-corrected chi connectivity index (χ4v) is 1.73. The highest BCUT2D eigenvalue weighted by Crippen LogP contribution is 2.23. The molecule has 1 aromatic rings. The first-order chi connectivity index (χ1) is 8.81. The molecule has 8 heteroatoms. The van der Waals surface area contributed by atoms with Gasteiger partial charge in [0.15, 0.2) is 0 Å². The van der Waals surface area contributed by atoms with Crippen molar-refractivity contribution in [1.82, 2.24) is 0 Å². The summed E-state index contributed by atoms with van der Waals surface area (Å²) < 4.78 is 0. The third-order valence-corrected chi connectivity index (χ3v) is 2.55. The number of anilines is 1. The van der Waals surface area contributed by atoms with Crippen molar-refractivity contribution in [2.24, 2.45) is 5.73 Å². The van der Waals surface area contributed by atoms with E-state index in [0.29, 0.717) is 0 Å². The zero-order chi connectivity index (χ0) is 14.6. The smallest absolute Gasteiger partial charge is 0.323 e. The van der Waals surface area contributed by atoms with Crippen LogP contribution < -0.4 is 10.6 Å². The summed E-state index contributed by atoms with van der Waals surface area (Å²) in [5, 5.41) is 17.5. The summed E-state index contributed by atoms with van der Waals surface area (Å²) in [5.41, 5.74) is 5.43. The summed E-state index contributed by atoms with van der Waals surface area (Å²) in [5.74, 6) is -3.09. The number of aliphatic carboxylic acids is 2. The molecular weight excluding hydrogens is 276 g/mol. The standard InChI is InChI=1S/C11H11ClN2O5/c12-8-3-6(1-2-7(8)11(13)19)14(4-9(15)16)5-10(17)18/h1-3H,4-5H2,(H2,13,19)(H,15,16)(H,17,18). The van der Waals surface area contributed by atoms with Crippen molar-refractivity contribution in [3.05, 3.63) is 28.8 Å². The van der Waals surface area contributed by atoms with Crippen LogP contribution in [0.3, 0.4) is 0 Å². The maximum Gasteiger partial charge on any atom is 0.323 e. The molecule has 1 aromatic carbocycles. The molecule has 0 atom stereocenters. The topological polar surface area (TPSA) is 121 Å². The Labute approximate surface area is 113 Å². The van der Waals surface area contributed by atoms with Crippen molar-refractivity contribution in [3.8, 4) is 0 Å². The molecule has 4 N–H and O–H groups in total. The highest BCUT2D eigenvalue weighted by molar-refractivity contribution is 6.34. The van der Waals surface area contributed by atoms with E-state index in [1.807, 2.05) is 0 Å². The number of nitrogens with zero attached hydrogens (tertiary/aromatic N) is 1. The molecule has 0 bridgehead atoms. The van der Waals surface area contributed by atoms with Crippen LogP contribution in [-0.4, -0.2) is 41.1 Å². The SMILES string of the molecule is NC(=O)c1ccc(N(CC(=O)O)CC(=O)O)cc1Cl. The van der Waals surface area contributed by atoms with Crippen LogP contribution in [-0.2, 0) is 9.59 Å². The van der Waals surface area contributed by atoms with Crippen molar-refractivity contribution in [2.75, 3.05) is 18.0 Å². The second kappa shape index (κ2) is 6.05. The third kappa shape index (κ3) is 4.14. The fraction of sp³-hybridized carbons (Fsp3) is 0.182. The average molecular weight is 287 g/mol. The first-order valence-electron chi connectivity index (χ1n) is 5.09. The second-order valence-corrected chi connectivity index (χ2v) is 4.08. The second-order valence-electron chi connectivity index (χ2n) is 3.67. The minimum atomic E-state index is -1.18. The Kier molecular flexibility index (Phi) is 4.71. The number of carbonyl (C=O) groups is 3. The molecule has 0 radical (unpaired) electrons. The van der Waals surface area contributed by atoms with Crippen LogP contribution in [0, 0.1) is 0 Å². The Balaban J connectivity index is 3.08. The van der Waals surface area contributed by atoms with Gasteiger partial charge in [-0.2, -0.15) is 0 Å². The van der Waals surface area contributed by atoms with Gasteiger partial charge in [0.1, 0.15) is 13.1 Å². The van der Waals surface area contributed by atoms with Crippen LogP contribution in [0.5, 0.6) is 0 Å². The lowest BCUT2D eigenvalue weighted by atomic mass is 10.2. The summed E-state index contributed by atoms with van der Waals surface area (Å²) in [6, 6.07) is 4.00. The molecule has 0 aliphatic rings. The number of rotatable bonds is 6. The largest absolute Gasteiger partial charge is 0.480 e. The van der Waals surface area contributed by atoms with Gasteiger partial charge in [-0.3, -0.25) is 14.4 Å². The van der Waals surface area contributed by atoms with Crippen LogP contribution in [0.15, 0.2) is 18.2 Å². The molecule has 0 spiro atoms. The van der Waals surface area contributed by atoms with Gasteiger partial charge in [0.25, 0.3) is 0 Å². The van der Waals surface area contributed by atoms with Gasteiger partial charge in [-0.25, -0.2) is 0 Å². The summed E-state index contributed by atoms with van der Waals surface area (Å²) in [6.45, 7) is -1.00. The highest BCUT2D eigenvalue weighted by Gasteiger charge is 2.16. The maximum atomic E-state index is 11.0. The first kappa shape index (κ1) is 14.8. The van der Waals surface area contributed by atoms with E-state index in [-0.39, 0.29) is 16.3 Å². The van der Waals surface area contributed by atoms with Crippen molar-refractivity contribution >= 4 is 35.1 Å². The molecule has 19 heavy (non-hydrogen) atoms. The van der Waals surface area contributed by atoms with Gasteiger partial charge in [-0.05, 0) is 18.2 Å². The van der Waals surface area contributed by atoms with E-state index in [1.165, 1.54) is 18.2 Å². The minimum Gasteiger partial charge on any atom is -0.480 e. The fourth-order valence-electron chi connectivity index (χ4n) is 1.47. The van der Waals surface area contributed by atoms with Gasteiger partial charge in [0, 0.05) is 5.69 Å². The zero-order valence-electron chi connectivity index (χ0n) is 9.67. The number of carboxylic acid groups (broad SMARTS) is 2. The minimum absolute atomic E-state index is 0.0331. The van der Waals surface area contributed by atoms with Crippen LogP contribution in [0.2, 0.25) is 5.02 Å². The van der Waals surface area contributed by atoms with Gasteiger partial charge in [0.05, 0.1) is 10.6 Å².